The van der Waals surface area contributed by atoms with Gasteiger partial charge in [0.05, 0.1) is 0 Å². The first-order chi connectivity index (χ1) is 8.56. The Balaban J connectivity index is 2.38. The maximum absolute atomic E-state index is 6.02. The predicted molar refractivity (Wildman–Crippen MR) is 73.1 cm³/mol. The lowest BCUT2D eigenvalue weighted by atomic mass is 10.1. The Labute approximate surface area is 106 Å². The van der Waals surface area contributed by atoms with Crippen molar-refractivity contribution in [2.75, 3.05) is 0 Å². The maximum Gasteiger partial charge on any atom is 0.156 e. The zero-order chi connectivity index (χ0) is 12.9. The highest BCUT2D eigenvalue weighted by Gasteiger charge is 2.16. The molecule has 2 aromatic carbocycles. The normalized spacial score (nSPS) is 12.2. The van der Waals surface area contributed by atoms with Crippen LogP contribution in [0.15, 0.2) is 29.3 Å². The number of rotatable bonds is 0. The fraction of sp³-hybridized carbons (Fsp3) is 0.188. The molecule has 0 saturated heterocycles. The first kappa shape index (κ1) is 11.0. The van der Waals surface area contributed by atoms with E-state index in [1.54, 1.807) is 0 Å². The Morgan fingerprint density at radius 1 is 1.11 bits per heavy atom. The molecule has 0 bridgehead atoms. The molecular formula is C16H15NO. The van der Waals surface area contributed by atoms with Gasteiger partial charge in [-0.15, -0.1) is 0 Å². The Bertz CT molecular complexity index is 760. The highest BCUT2D eigenvalue weighted by molar-refractivity contribution is 5.58. The van der Waals surface area contributed by atoms with Gasteiger partial charge >= 0.3 is 0 Å². The van der Waals surface area contributed by atoms with Crippen molar-refractivity contribution in [2.24, 2.45) is 4.99 Å². The smallest absolute Gasteiger partial charge is 0.156 e. The molecule has 0 aliphatic carbocycles. The van der Waals surface area contributed by atoms with Crippen molar-refractivity contribution in [3.63, 3.8) is 0 Å². The average Bonchev–Trinajstić information content (AvgIpc) is 2.34. The van der Waals surface area contributed by atoms with Crippen molar-refractivity contribution in [3.05, 3.63) is 51.5 Å². The summed E-state index contributed by atoms with van der Waals surface area (Å²) in [6.07, 6.45) is 0. The molecule has 0 saturated carbocycles. The van der Waals surface area contributed by atoms with Crippen molar-refractivity contribution in [3.8, 4) is 11.5 Å². The van der Waals surface area contributed by atoms with Gasteiger partial charge in [0.2, 0.25) is 0 Å². The van der Waals surface area contributed by atoms with Crippen LogP contribution in [-0.2, 0) is 0 Å². The van der Waals surface area contributed by atoms with Crippen LogP contribution in [0.2, 0.25) is 0 Å². The molecule has 2 aromatic rings. The zero-order valence-corrected chi connectivity index (χ0v) is 10.9. The second-order valence-corrected chi connectivity index (χ2v) is 4.84. The van der Waals surface area contributed by atoms with Crippen molar-refractivity contribution in [2.45, 2.75) is 20.8 Å². The highest BCUT2D eigenvalue weighted by atomic mass is 16.5. The van der Waals surface area contributed by atoms with Crippen molar-refractivity contribution in [1.82, 2.24) is 0 Å². The molecule has 1 heterocycles. The standard InChI is InChI=1S/C16H15NO/c1-9-5-6-13-14(7-9)18-16-12(4)10(2)8-11(3)15(16)17-13/h5-8H,2H2,1,3-4H3. The summed E-state index contributed by atoms with van der Waals surface area (Å²) in [5.74, 6) is 1.67. The predicted octanol–water partition coefficient (Wildman–Crippen LogP) is 3.08. The van der Waals surface area contributed by atoms with Gasteiger partial charge in [-0.05, 0) is 55.3 Å². The number of hydrogen-bond acceptors (Lipinski definition) is 2. The molecule has 0 N–H and O–H groups in total. The summed E-state index contributed by atoms with van der Waals surface area (Å²) >= 11 is 0. The van der Waals surface area contributed by atoms with Gasteiger partial charge in [-0.25, -0.2) is 4.99 Å². The summed E-state index contributed by atoms with van der Waals surface area (Å²) in [6.45, 7) is 10.2. The second-order valence-electron chi connectivity index (χ2n) is 4.84. The Kier molecular flexibility index (Phi) is 2.27. The average molecular weight is 237 g/mol. The maximum atomic E-state index is 6.02. The van der Waals surface area contributed by atoms with E-state index in [0.29, 0.717) is 0 Å². The third-order valence-electron chi connectivity index (χ3n) is 3.36. The van der Waals surface area contributed by atoms with Crippen LogP contribution in [0.25, 0.3) is 6.58 Å². The molecule has 0 fully saturated rings. The molecule has 1 aliphatic rings. The fourth-order valence-corrected chi connectivity index (χ4v) is 2.23. The van der Waals surface area contributed by atoms with E-state index >= 15 is 0 Å². The van der Waals surface area contributed by atoms with E-state index < -0.39 is 0 Å². The lowest BCUT2D eigenvalue weighted by molar-refractivity contribution is 0.464. The number of fused-ring (bicyclic) bond motifs is 2. The van der Waals surface area contributed by atoms with Crippen LogP contribution >= 0.6 is 0 Å². The van der Waals surface area contributed by atoms with E-state index in [1.807, 2.05) is 26.0 Å². The summed E-state index contributed by atoms with van der Waals surface area (Å²) in [5.41, 5.74) is 4.23. The molecule has 0 radical (unpaired) electrons. The molecule has 0 spiro atoms. The number of benzene rings is 2. The first-order valence-electron chi connectivity index (χ1n) is 6.02. The van der Waals surface area contributed by atoms with Crippen LogP contribution in [0.3, 0.4) is 0 Å². The topological polar surface area (TPSA) is 21.6 Å². The van der Waals surface area contributed by atoms with Crippen LogP contribution in [0, 0.1) is 20.8 Å². The quantitative estimate of drug-likeness (QED) is 0.589. The molecule has 0 unspecified atom stereocenters. The monoisotopic (exact) mass is 237 g/mol. The lowest BCUT2D eigenvalue weighted by Crippen LogP contribution is -2.20. The van der Waals surface area contributed by atoms with Crippen LogP contribution < -0.4 is 15.3 Å². The summed E-state index contributed by atoms with van der Waals surface area (Å²) in [6, 6.07) is 8.13. The minimum atomic E-state index is 0.829. The SMILES string of the molecule is C=c1cc(C)c2c(c1C)Oc1cc(C)ccc1N=2. The van der Waals surface area contributed by atoms with E-state index in [0.717, 1.165) is 38.9 Å². The van der Waals surface area contributed by atoms with Gasteiger partial charge in [0, 0.05) is 5.56 Å². The van der Waals surface area contributed by atoms with E-state index in [9.17, 15) is 0 Å². The van der Waals surface area contributed by atoms with Crippen LogP contribution in [0.4, 0.5) is 5.69 Å². The largest absolute Gasteiger partial charge is 0.452 e. The molecule has 3 rings (SSSR count). The molecule has 2 heteroatoms. The van der Waals surface area contributed by atoms with Crippen molar-refractivity contribution >= 4 is 12.3 Å². The summed E-state index contributed by atoms with van der Waals surface area (Å²) in [5, 5.41) is 1.92. The molecular weight excluding hydrogens is 222 g/mol. The van der Waals surface area contributed by atoms with Crippen molar-refractivity contribution < 1.29 is 4.74 Å². The number of ether oxygens (including phenoxy) is 1. The Hall–Kier alpha value is -2.09. The second kappa shape index (κ2) is 3.70. The van der Waals surface area contributed by atoms with E-state index in [-0.39, 0.29) is 0 Å². The minimum Gasteiger partial charge on any atom is -0.452 e. The number of hydrogen-bond donors (Lipinski definition) is 0. The van der Waals surface area contributed by atoms with Crippen LogP contribution in [0.1, 0.15) is 16.7 Å². The van der Waals surface area contributed by atoms with Crippen LogP contribution in [-0.4, -0.2) is 0 Å². The third kappa shape index (κ3) is 1.53. The van der Waals surface area contributed by atoms with E-state index in [2.05, 4.69) is 25.6 Å². The number of aryl methyl sites for hydroxylation is 2. The minimum absolute atomic E-state index is 0.829. The molecule has 0 atom stereocenters. The van der Waals surface area contributed by atoms with Crippen LogP contribution in [0.5, 0.6) is 11.5 Å². The molecule has 2 nitrogen and oxygen atoms in total. The van der Waals surface area contributed by atoms with Gasteiger partial charge in [-0.3, -0.25) is 0 Å². The van der Waals surface area contributed by atoms with E-state index in [4.69, 9.17) is 9.73 Å². The molecule has 18 heavy (non-hydrogen) atoms. The fourth-order valence-electron chi connectivity index (χ4n) is 2.23. The third-order valence-corrected chi connectivity index (χ3v) is 3.36. The van der Waals surface area contributed by atoms with Gasteiger partial charge in [-0.2, -0.15) is 0 Å². The van der Waals surface area contributed by atoms with Gasteiger partial charge in [-0.1, -0.05) is 12.6 Å². The summed E-state index contributed by atoms with van der Waals surface area (Å²) in [7, 11) is 0. The zero-order valence-electron chi connectivity index (χ0n) is 10.9. The first-order valence-corrected chi connectivity index (χ1v) is 6.02. The van der Waals surface area contributed by atoms with Crippen molar-refractivity contribution in [1.29, 1.82) is 0 Å². The van der Waals surface area contributed by atoms with Gasteiger partial charge in [0.15, 0.2) is 11.5 Å². The molecule has 90 valence electrons. The Morgan fingerprint density at radius 3 is 2.67 bits per heavy atom. The van der Waals surface area contributed by atoms with Gasteiger partial charge < -0.3 is 4.74 Å². The van der Waals surface area contributed by atoms with Gasteiger partial charge in [0.1, 0.15) is 11.0 Å². The highest BCUT2D eigenvalue weighted by Crippen LogP contribution is 2.35. The van der Waals surface area contributed by atoms with Gasteiger partial charge in [0.25, 0.3) is 0 Å². The lowest BCUT2D eigenvalue weighted by Gasteiger charge is -2.17. The molecule has 0 amide bonds. The molecule has 0 aromatic heterocycles. The van der Waals surface area contributed by atoms with E-state index in [1.165, 1.54) is 5.56 Å². The number of nitrogens with zero attached hydrogens (tertiary/aromatic N) is 1. The summed E-state index contributed by atoms with van der Waals surface area (Å²) < 4.78 is 6.02. The molecule has 1 aliphatic heterocycles. The summed E-state index contributed by atoms with van der Waals surface area (Å²) in [4.78, 5) is 4.70. The Morgan fingerprint density at radius 2 is 1.89 bits per heavy atom.